The Morgan fingerprint density at radius 1 is 0.974 bits per heavy atom. The number of rotatable bonds is 12. The molecule has 3 rings (SSSR count). The van der Waals surface area contributed by atoms with Gasteiger partial charge in [0.2, 0.25) is 11.8 Å². The van der Waals surface area contributed by atoms with E-state index in [-0.39, 0.29) is 33.1 Å². The Balaban J connectivity index is 2.01. The van der Waals surface area contributed by atoms with E-state index < -0.39 is 28.5 Å². The number of carbonyl (C=O) groups is 2. The molecule has 0 unspecified atom stereocenters. The molecular formula is C29H33Cl2N3O4S. The van der Waals surface area contributed by atoms with Gasteiger partial charge in [-0.1, -0.05) is 78.2 Å². The minimum atomic E-state index is -4.22. The molecule has 1 N–H and O–H groups in total. The number of halogens is 2. The monoisotopic (exact) mass is 589 g/mol. The molecule has 3 aromatic rings. The van der Waals surface area contributed by atoms with Gasteiger partial charge in [0, 0.05) is 18.1 Å². The van der Waals surface area contributed by atoms with Gasteiger partial charge in [0.1, 0.15) is 12.6 Å². The number of hydrogen-bond acceptors (Lipinski definition) is 4. The number of anilines is 1. The maximum Gasteiger partial charge on any atom is 0.264 e. The first kappa shape index (κ1) is 30.5. The molecular weight excluding hydrogens is 557 g/mol. The van der Waals surface area contributed by atoms with E-state index in [9.17, 15) is 18.0 Å². The molecule has 0 aliphatic rings. The second kappa shape index (κ2) is 13.8. The Morgan fingerprint density at radius 3 is 2.28 bits per heavy atom. The van der Waals surface area contributed by atoms with E-state index in [1.165, 1.54) is 35.2 Å². The highest BCUT2D eigenvalue weighted by Gasteiger charge is 2.33. The highest BCUT2D eigenvalue weighted by Crippen LogP contribution is 2.33. The van der Waals surface area contributed by atoms with Gasteiger partial charge in [-0.05, 0) is 62.6 Å². The Hall–Kier alpha value is -3.07. The van der Waals surface area contributed by atoms with Crippen LogP contribution in [0.1, 0.15) is 31.4 Å². The number of nitrogens with one attached hydrogen (secondary N) is 1. The molecule has 7 nitrogen and oxygen atoms in total. The average Bonchev–Trinajstić information content (AvgIpc) is 2.92. The zero-order valence-electron chi connectivity index (χ0n) is 22.2. The van der Waals surface area contributed by atoms with Crippen molar-refractivity contribution in [3.63, 3.8) is 0 Å². The fourth-order valence-electron chi connectivity index (χ4n) is 3.99. The van der Waals surface area contributed by atoms with Gasteiger partial charge in [-0.2, -0.15) is 0 Å². The lowest BCUT2D eigenvalue weighted by atomic mass is 10.1. The molecule has 10 heteroatoms. The Morgan fingerprint density at radius 2 is 1.64 bits per heavy atom. The molecule has 0 radical (unpaired) electrons. The summed E-state index contributed by atoms with van der Waals surface area (Å²) in [5.41, 5.74) is 1.94. The van der Waals surface area contributed by atoms with Gasteiger partial charge in [0.15, 0.2) is 0 Å². The molecule has 0 saturated heterocycles. The van der Waals surface area contributed by atoms with Gasteiger partial charge < -0.3 is 10.2 Å². The predicted molar refractivity (Wildman–Crippen MR) is 157 cm³/mol. The van der Waals surface area contributed by atoms with Crippen molar-refractivity contribution >= 4 is 50.7 Å². The topological polar surface area (TPSA) is 86.8 Å². The summed E-state index contributed by atoms with van der Waals surface area (Å²) in [5, 5.41) is 3.21. The first-order chi connectivity index (χ1) is 18.5. The summed E-state index contributed by atoms with van der Waals surface area (Å²) in [6, 6.07) is 19.5. The second-order valence-electron chi connectivity index (χ2n) is 9.21. The lowest BCUT2D eigenvalue weighted by Crippen LogP contribution is -2.52. The van der Waals surface area contributed by atoms with Crippen LogP contribution in [0, 0.1) is 6.92 Å². The van der Waals surface area contributed by atoms with Crippen LogP contribution < -0.4 is 9.62 Å². The molecule has 3 aromatic carbocycles. The van der Waals surface area contributed by atoms with Gasteiger partial charge in [-0.15, -0.1) is 0 Å². The van der Waals surface area contributed by atoms with Gasteiger partial charge in [-0.25, -0.2) is 8.42 Å². The molecule has 0 aliphatic heterocycles. The molecule has 39 heavy (non-hydrogen) atoms. The Labute approximate surface area is 240 Å². The molecule has 1 atom stereocenters. The highest BCUT2D eigenvalue weighted by atomic mass is 35.5. The minimum absolute atomic E-state index is 0.00140. The van der Waals surface area contributed by atoms with Crippen LogP contribution >= 0.6 is 23.2 Å². The van der Waals surface area contributed by atoms with E-state index in [1.54, 1.807) is 19.1 Å². The number of benzene rings is 3. The summed E-state index contributed by atoms with van der Waals surface area (Å²) in [7, 11) is -4.22. The molecule has 0 aliphatic carbocycles. The van der Waals surface area contributed by atoms with Crippen LogP contribution in [-0.4, -0.2) is 50.8 Å². The van der Waals surface area contributed by atoms with Gasteiger partial charge in [-0.3, -0.25) is 13.9 Å². The van der Waals surface area contributed by atoms with Crippen molar-refractivity contribution in [2.45, 2.75) is 44.6 Å². The maximum absolute atomic E-state index is 13.9. The number of aryl methyl sites for hydroxylation is 1. The van der Waals surface area contributed by atoms with Gasteiger partial charge >= 0.3 is 0 Å². The largest absolute Gasteiger partial charge is 0.354 e. The van der Waals surface area contributed by atoms with Crippen LogP contribution in [0.25, 0.3) is 0 Å². The molecule has 0 heterocycles. The summed E-state index contributed by atoms with van der Waals surface area (Å²) in [6.07, 6.45) is 1.23. The quantitative estimate of drug-likeness (QED) is 0.303. The lowest BCUT2D eigenvalue weighted by Gasteiger charge is -2.32. The predicted octanol–water partition coefficient (Wildman–Crippen LogP) is 5.48. The van der Waals surface area contributed by atoms with E-state index in [1.807, 2.05) is 44.2 Å². The smallest absolute Gasteiger partial charge is 0.264 e. The van der Waals surface area contributed by atoms with Gasteiger partial charge in [0.25, 0.3) is 10.0 Å². The summed E-state index contributed by atoms with van der Waals surface area (Å²) < 4.78 is 28.7. The summed E-state index contributed by atoms with van der Waals surface area (Å²) in [5.74, 6) is -0.858. The van der Waals surface area contributed by atoms with Crippen molar-refractivity contribution in [3.8, 4) is 0 Å². The van der Waals surface area contributed by atoms with E-state index in [2.05, 4.69) is 5.32 Å². The molecule has 2 amide bonds. The third-order valence-corrected chi connectivity index (χ3v) is 8.59. The lowest BCUT2D eigenvalue weighted by molar-refractivity contribution is -0.138. The van der Waals surface area contributed by atoms with Crippen LogP contribution in [0.2, 0.25) is 10.0 Å². The number of amides is 2. The number of nitrogens with zero attached hydrogens (tertiary/aromatic N) is 2. The third kappa shape index (κ3) is 7.97. The number of sulfonamides is 1. The van der Waals surface area contributed by atoms with Crippen molar-refractivity contribution in [2.24, 2.45) is 0 Å². The fourth-order valence-corrected chi connectivity index (χ4v) is 5.85. The standard InChI is InChI=1S/C29H33Cl2N3O4S/c1-4-17-32-29(36)22(3)33(18-16-23-8-6-5-7-9-23)28(35)20-34(27-19-24(30)12-15-26(27)31)39(37,38)25-13-10-21(2)11-14-25/h5-15,19,22H,4,16-18,20H2,1-3H3,(H,32,36)/t22-/m1/s1. The van der Waals surface area contributed by atoms with E-state index in [0.717, 1.165) is 21.9 Å². The summed E-state index contributed by atoms with van der Waals surface area (Å²) in [6.45, 7) is 5.53. The Kier molecular flexibility index (Phi) is 10.8. The van der Waals surface area contributed by atoms with Crippen molar-refractivity contribution in [1.82, 2.24) is 10.2 Å². The van der Waals surface area contributed by atoms with Crippen LogP contribution in [0.5, 0.6) is 0 Å². The molecule has 0 spiro atoms. The van der Waals surface area contributed by atoms with Gasteiger partial charge in [0.05, 0.1) is 15.6 Å². The highest BCUT2D eigenvalue weighted by molar-refractivity contribution is 7.92. The molecule has 0 saturated carbocycles. The molecule has 0 fully saturated rings. The summed E-state index contributed by atoms with van der Waals surface area (Å²) in [4.78, 5) is 28.2. The Bertz CT molecular complexity index is 1380. The van der Waals surface area contributed by atoms with Crippen molar-refractivity contribution < 1.29 is 18.0 Å². The van der Waals surface area contributed by atoms with E-state index in [4.69, 9.17) is 23.2 Å². The minimum Gasteiger partial charge on any atom is -0.354 e. The van der Waals surface area contributed by atoms with Crippen LogP contribution in [-0.2, 0) is 26.0 Å². The van der Waals surface area contributed by atoms with E-state index in [0.29, 0.717) is 13.0 Å². The van der Waals surface area contributed by atoms with Crippen molar-refractivity contribution in [1.29, 1.82) is 0 Å². The first-order valence-electron chi connectivity index (χ1n) is 12.7. The average molecular weight is 591 g/mol. The molecule has 208 valence electrons. The number of hydrogen-bond donors (Lipinski definition) is 1. The van der Waals surface area contributed by atoms with Crippen molar-refractivity contribution in [2.75, 3.05) is 23.9 Å². The van der Waals surface area contributed by atoms with Crippen LogP contribution in [0.4, 0.5) is 5.69 Å². The van der Waals surface area contributed by atoms with Crippen LogP contribution in [0.3, 0.4) is 0 Å². The second-order valence-corrected chi connectivity index (χ2v) is 11.9. The normalized spacial score (nSPS) is 12.0. The van der Waals surface area contributed by atoms with E-state index >= 15 is 0 Å². The third-order valence-electron chi connectivity index (χ3n) is 6.27. The molecule has 0 bridgehead atoms. The summed E-state index contributed by atoms with van der Waals surface area (Å²) >= 11 is 12.6. The SMILES string of the molecule is CCCNC(=O)[C@@H](C)N(CCc1ccccc1)C(=O)CN(c1cc(Cl)ccc1Cl)S(=O)(=O)c1ccc(C)cc1. The van der Waals surface area contributed by atoms with Crippen LogP contribution in [0.15, 0.2) is 77.7 Å². The maximum atomic E-state index is 13.9. The number of carbonyl (C=O) groups excluding carboxylic acids is 2. The molecule has 0 aromatic heterocycles. The first-order valence-corrected chi connectivity index (χ1v) is 14.9. The van der Waals surface area contributed by atoms with Crippen molar-refractivity contribution in [3.05, 3.63) is 94.0 Å². The fraction of sp³-hybridized carbons (Fsp3) is 0.310. The zero-order chi connectivity index (χ0) is 28.6. The zero-order valence-corrected chi connectivity index (χ0v) is 24.6.